The van der Waals surface area contributed by atoms with Gasteiger partial charge in [0.05, 0.1) is 7.11 Å². The van der Waals surface area contributed by atoms with Crippen molar-refractivity contribution in [3.63, 3.8) is 0 Å². The first-order chi connectivity index (χ1) is 8.22. The number of benzene rings is 1. The molecule has 2 atom stereocenters. The van der Waals surface area contributed by atoms with Gasteiger partial charge in [0, 0.05) is 12.5 Å². The van der Waals surface area contributed by atoms with Gasteiger partial charge in [-0.05, 0) is 24.5 Å². The summed E-state index contributed by atoms with van der Waals surface area (Å²) in [6.45, 7) is 0.692. The van der Waals surface area contributed by atoms with Gasteiger partial charge in [-0.1, -0.05) is 18.2 Å². The maximum atomic E-state index is 11.3. The zero-order valence-corrected chi connectivity index (χ0v) is 9.85. The largest absolute Gasteiger partial charge is 0.508 e. The SMILES string of the molecule is COC(=O)C1CCC(c2ccccc2O)CN1. The van der Waals surface area contributed by atoms with Crippen molar-refractivity contribution < 1.29 is 14.6 Å². The third-order valence-corrected chi connectivity index (χ3v) is 3.28. The second-order valence-corrected chi connectivity index (χ2v) is 4.32. The molecular formula is C13H17NO3. The van der Waals surface area contributed by atoms with Crippen molar-refractivity contribution in [3.05, 3.63) is 29.8 Å². The zero-order valence-electron chi connectivity index (χ0n) is 9.85. The quantitative estimate of drug-likeness (QED) is 0.761. The highest BCUT2D eigenvalue weighted by atomic mass is 16.5. The molecule has 0 aliphatic carbocycles. The summed E-state index contributed by atoms with van der Waals surface area (Å²) in [6.07, 6.45) is 1.62. The molecule has 0 aromatic heterocycles. The number of nitrogens with one attached hydrogen (secondary N) is 1. The summed E-state index contributed by atoms with van der Waals surface area (Å²) < 4.78 is 4.70. The molecule has 1 aliphatic heterocycles. The Morgan fingerprint density at radius 1 is 1.41 bits per heavy atom. The van der Waals surface area contributed by atoms with Gasteiger partial charge in [-0.15, -0.1) is 0 Å². The van der Waals surface area contributed by atoms with Crippen LogP contribution >= 0.6 is 0 Å². The van der Waals surface area contributed by atoms with E-state index in [1.54, 1.807) is 6.07 Å². The van der Waals surface area contributed by atoms with Gasteiger partial charge in [0.25, 0.3) is 0 Å². The van der Waals surface area contributed by atoms with Crippen LogP contribution in [0.1, 0.15) is 24.3 Å². The number of hydrogen-bond acceptors (Lipinski definition) is 4. The summed E-state index contributed by atoms with van der Waals surface area (Å²) in [6, 6.07) is 7.15. The number of hydrogen-bond donors (Lipinski definition) is 2. The number of carbonyl (C=O) groups excluding carboxylic acids is 1. The molecule has 2 unspecified atom stereocenters. The van der Waals surface area contributed by atoms with Crippen LogP contribution in [0.5, 0.6) is 5.75 Å². The van der Waals surface area contributed by atoms with Gasteiger partial charge in [-0.25, -0.2) is 0 Å². The van der Waals surface area contributed by atoms with E-state index in [0.29, 0.717) is 12.3 Å². The summed E-state index contributed by atoms with van der Waals surface area (Å²) in [7, 11) is 1.40. The van der Waals surface area contributed by atoms with Gasteiger partial charge in [-0.3, -0.25) is 4.79 Å². The molecule has 2 rings (SSSR count). The molecule has 1 aliphatic rings. The van der Waals surface area contributed by atoms with E-state index in [9.17, 15) is 9.90 Å². The summed E-state index contributed by atoms with van der Waals surface area (Å²) in [5.74, 6) is 0.383. The van der Waals surface area contributed by atoms with Gasteiger partial charge < -0.3 is 15.2 Å². The third-order valence-electron chi connectivity index (χ3n) is 3.28. The number of methoxy groups -OCH3 is 1. The molecule has 1 aromatic rings. The lowest BCUT2D eigenvalue weighted by atomic mass is 9.88. The minimum absolute atomic E-state index is 0.206. The van der Waals surface area contributed by atoms with Crippen LogP contribution in [0.3, 0.4) is 0 Å². The van der Waals surface area contributed by atoms with Crippen molar-refractivity contribution >= 4 is 5.97 Å². The number of carbonyl (C=O) groups is 1. The van der Waals surface area contributed by atoms with Crippen LogP contribution < -0.4 is 5.32 Å². The molecule has 0 amide bonds. The van der Waals surface area contributed by atoms with Gasteiger partial charge >= 0.3 is 5.97 Å². The highest BCUT2D eigenvalue weighted by molar-refractivity contribution is 5.75. The molecule has 2 N–H and O–H groups in total. The smallest absolute Gasteiger partial charge is 0.322 e. The molecule has 4 heteroatoms. The fraction of sp³-hybridized carbons (Fsp3) is 0.462. The van der Waals surface area contributed by atoms with Crippen LogP contribution in [0.15, 0.2) is 24.3 Å². The molecule has 4 nitrogen and oxygen atoms in total. The van der Waals surface area contributed by atoms with Crippen molar-refractivity contribution in [3.8, 4) is 5.75 Å². The Morgan fingerprint density at radius 3 is 2.76 bits per heavy atom. The Labute approximate surface area is 101 Å². The van der Waals surface area contributed by atoms with E-state index in [-0.39, 0.29) is 17.9 Å². The molecule has 0 spiro atoms. The van der Waals surface area contributed by atoms with E-state index in [2.05, 4.69) is 5.32 Å². The Kier molecular flexibility index (Phi) is 3.64. The number of aromatic hydroxyl groups is 1. The minimum atomic E-state index is -0.208. The third kappa shape index (κ3) is 2.58. The van der Waals surface area contributed by atoms with E-state index in [0.717, 1.165) is 18.4 Å². The molecule has 0 bridgehead atoms. The molecule has 0 radical (unpaired) electrons. The first-order valence-electron chi connectivity index (χ1n) is 5.81. The molecule has 1 saturated heterocycles. The molecular weight excluding hydrogens is 218 g/mol. The number of piperidine rings is 1. The maximum Gasteiger partial charge on any atom is 0.322 e. The predicted octanol–water partition coefficient (Wildman–Crippen LogP) is 1.40. The number of rotatable bonds is 2. The van der Waals surface area contributed by atoms with Crippen LogP contribution in [0.25, 0.3) is 0 Å². The Balaban J connectivity index is 2.00. The van der Waals surface area contributed by atoms with Crippen LogP contribution in [0.4, 0.5) is 0 Å². The fourth-order valence-electron chi connectivity index (χ4n) is 2.30. The van der Waals surface area contributed by atoms with Crippen LogP contribution in [0.2, 0.25) is 0 Å². The average molecular weight is 235 g/mol. The second kappa shape index (κ2) is 5.19. The van der Waals surface area contributed by atoms with Gasteiger partial charge in [0.15, 0.2) is 0 Å². The monoisotopic (exact) mass is 235 g/mol. The highest BCUT2D eigenvalue weighted by Gasteiger charge is 2.27. The fourth-order valence-corrected chi connectivity index (χ4v) is 2.30. The number of para-hydroxylation sites is 1. The minimum Gasteiger partial charge on any atom is -0.508 e. The van der Waals surface area contributed by atoms with Crippen molar-refractivity contribution in [1.82, 2.24) is 5.32 Å². The van der Waals surface area contributed by atoms with Crippen molar-refractivity contribution in [2.24, 2.45) is 0 Å². The topological polar surface area (TPSA) is 58.6 Å². The number of phenols is 1. The second-order valence-electron chi connectivity index (χ2n) is 4.32. The van der Waals surface area contributed by atoms with Crippen LogP contribution in [-0.4, -0.2) is 30.8 Å². The lowest BCUT2D eigenvalue weighted by molar-refractivity contribution is -0.143. The van der Waals surface area contributed by atoms with E-state index >= 15 is 0 Å². The lowest BCUT2D eigenvalue weighted by Crippen LogP contribution is -2.43. The van der Waals surface area contributed by atoms with Crippen molar-refractivity contribution in [2.45, 2.75) is 24.8 Å². The Hall–Kier alpha value is -1.55. The van der Waals surface area contributed by atoms with Crippen molar-refractivity contribution in [1.29, 1.82) is 0 Å². The molecule has 92 valence electrons. The summed E-state index contributed by atoms with van der Waals surface area (Å²) in [5.41, 5.74) is 0.948. The Bertz CT molecular complexity index is 397. The normalized spacial score (nSPS) is 24.3. The van der Waals surface area contributed by atoms with E-state index in [1.165, 1.54) is 7.11 Å². The van der Waals surface area contributed by atoms with Gasteiger partial charge in [-0.2, -0.15) is 0 Å². The summed E-state index contributed by atoms with van der Waals surface area (Å²) in [4.78, 5) is 11.3. The first-order valence-corrected chi connectivity index (χ1v) is 5.81. The van der Waals surface area contributed by atoms with Crippen LogP contribution in [0, 0.1) is 0 Å². The first kappa shape index (κ1) is 11.9. The number of phenolic OH excluding ortho intramolecular Hbond substituents is 1. The molecule has 1 aromatic carbocycles. The van der Waals surface area contributed by atoms with Gasteiger partial charge in [0.2, 0.25) is 0 Å². The molecule has 0 saturated carbocycles. The zero-order chi connectivity index (χ0) is 12.3. The van der Waals surface area contributed by atoms with Gasteiger partial charge in [0.1, 0.15) is 11.8 Å². The predicted molar refractivity (Wildman–Crippen MR) is 63.9 cm³/mol. The standard InChI is InChI=1S/C13H17NO3/c1-17-13(16)11-7-6-9(8-14-11)10-4-2-3-5-12(10)15/h2-5,9,11,14-15H,6-8H2,1H3. The number of esters is 1. The highest BCUT2D eigenvalue weighted by Crippen LogP contribution is 2.31. The van der Waals surface area contributed by atoms with Crippen LogP contribution in [-0.2, 0) is 9.53 Å². The lowest BCUT2D eigenvalue weighted by Gasteiger charge is -2.28. The summed E-state index contributed by atoms with van der Waals surface area (Å²) >= 11 is 0. The average Bonchev–Trinajstić information content (AvgIpc) is 2.39. The molecule has 17 heavy (non-hydrogen) atoms. The van der Waals surface area contributed by atoms with E-state index in [4.69, 9.17) is 4.74 Å². The van der Waals surface area contributed by atoms with E-state index < -0.39 is 0 Å². The van der Waals surface area contributed by atoms with E-state index in [1.807, 2.05) is 18.2 Å². The Morgan fingerprint density at radius 2 is 2.18 bits per heavy atom. The van der Waals surface area contributed by atoms with Crippen molar-refractivity contribution in [2.75, 3.05) is 13.7 Å². The maximum absolute atomic E-state index is 11.3. The molecule has 1 fully saturated rings. The summed E-state index contributed by atoms with van der Waals surface area (Å²) in [5, 5.41) is 12.9. The molecule has 1 heterocycles. The number of ether oxygens (including phenoxy) is 1.